The van der Waals surface area contributed by atoms with Crippen LogP contribution in [0.15, 0.2) is 48.5 Å². The van der Waals surface area contributed by atoms with Gasteiger partial charge in [0.2, 0.25) is 0 Å². The SMILES string of the molecule is COCOC[C@H](N)C(N)(c1ccc(F)cc1)c1ccc(F)cc1. The Kier molecular flexibility index (Phi) is 5.79. The van der Waals surface area contributed by atoms with Gasteiger partial charge in [0.25, 0.3) is 0 Å². The summed E-state index contributed by atoms with van der Waals surface area (Å²) in [6, 6.07) is 10.8. The van der Waals surface area contributed by atoms with Crippen LogP contribution in [0.1, 0.15) is 11.1 Å². The summed E-state index contributed by atoms with van der Waals surface area (Å²) in [5.74, 6) is -0.751. The van der Waals surface area contributed by atoms with Crippen LogP contribution in [0, 0.1) is 11.6 Å². The van der Waals surface area contributed by atoms with Gasteiger partial charge < -0.3 is 20.9 Å². The third-order valence-electron chi connectivity index (χ3n) is 3.73. The lowest BCUT2D eigenvalue weighted by Crippen LogP contribution is -2.55. The summed E-state index contributed by atoms with van der Waals surface area (Å²) in [6.45, 7) is 0.204. The predicted octanol–water partition coefficient (Wildman–Crippen LogP) is 2.11. The van der Waals surface area contributed by atoms with Crippen LogP contribution in [-0.2, 0) is 15.0 Å². The van der Waals surface area contributed by atoms with Gasteiger partial charge in [-0.25, -0.2) is 8.78 Å². The van der Waals surface area contributed by atoms with Gasteiger partial charge in [-0.2, -0.15) is 0 Å². The van der Waals surface area contributed by atoms with E-state index in [-0.39, 0.29) is 25.0 Å². The first kappa shape index (κ1) is 17.5. The molecule has 0 aliphatic rings. The maximum atomic E-state index is 13.2. The highest BCUT2D eigenvalue weighted by atomic mass is 19.1. The smallest absolute Gasteiger partial charge is 0.146 e. The van der Waals surface area contributed by atoms with Gasteiger partial charge in [-0.05, 0) is 35.4 Å². The van der Waals surface area contributed by atoms with Crippen molar-refractivity contribution in [1.29, 1.82) is 0 Å². The second-order valence-corrected chi connectivity index (χ2v) is 5.27. The summed E-state index contributed by atoms with van der Waals surface area (Å²) in [7, 11) is 1.50. The van der Waals surface area contributed by atoms with E-state index in [4.69, 9.17) is 20.9 Å². The summed E-state index contributed by atoms with van der Waals surface area (Å²) in [6.07, 6.45) is 0. The van der Waals surface area contributed by atoms with Crippen LogP contribution in [0.2, 0.25) is 0 Å². The molecule has 2 aromatic rings. The molecule has 0 heterocycles. The van der Waals surface area contributed by atoms with Gasteiger partial charge in [-0.15, -0.1) is 0 Å². The third-order valence-corrected chi connectivity index (χ3v) is 3.73. The van der Waals surface area contributed by atoms with Crippen LogP contribution in [0.25, 0.3) is 0 Å². The van der Waals surface area contributed by atoms with Gasteiger partial charge in [0.15, 0.2) is 0 Å². The Labute approximate surface area is 134 Å². The molecule has 124 valence electrons. The molecule has 0 radical (unpaired) electrons. The quantitative estimate of drug-likeness (QED) is 0.605. The van der Waals surface area contributed by atoms with Crippen molar-refractivity contribution in [3.05, 3.63) is 71.3 Å². The second-order valence-electron chi connectivity index (χ2n) is 5.27. The summed E-state index contributed by atoms with van der Waals surface area (Å²) in [4.78, 5) is 0. The van der Waals surface area contributed by atoms with Gasteiger partial charge in [-0.3, -0.25) is 0 Å². The number of nitrogens with two attached hydrogens (primary N) is 2. The molecule has 0 saturated heterocycles. The van der Waals surface area contributed by atoms with Crippen LogP contribution in [0.4, 0.5) is 8.78 Å². The van der Waals surface area contributed by atoms with Crippen molar-refractivity contribution in [2.75, 3.05) is 20.5 Å². The Balaban J connectivity index is 2.40. The largest absolute Gasteiger partial charge is 0.359 e. The van der Waals surface area contributed by atoms with E-state index in [0.29, 0.717) is 11.1 Å². The minimum atomic E-state index is -1.16. The van der Waals surface area contributed by atoms with E-state index in [9.17, 15) is 8.78 Å². The van der Waals surface area contributed by atoms with Crippen molar-refractivity contribution >= 4 is 0 Å². The highest BCUT2D eigenvalue weighted by Gasteiger charge is 2.36. The molecule has 2 aromatic carbocycles. The summed E-state index contributed by atoms with van der Waals surface area (Å²) in [5, 5.41) is 0. The van der Waals surface area contributed by atoms with Crippen LogP contribution < -0.4 is 11.5 Å². The average molecular weight is 322 g/mol. The van der Waals surface area contributed by atoms with Crippen molar-refractivity contribution in [1.82, 2.24) is 0 Å². The second kappa shape index (κ2) is 7.61. The molecule has 0 aromatic heterocycles. The number of rotatable bonds is 7. The molecule has 0 spiro atoms. The van der Waals surface area contributed by atoms with E-state index in [1.807, 2.05) is 0 Å². The number of halogens is 2. The average Bonchev–Trinajstić information content (AvgIpc) is 2.55. The van der Waals surface area contributed by atoms with E-state index >= 15 is 0 Å². The topological polar surface area (TPSA) is 70.5 Å². The van der Waals surface area contributed by atoms with Crippen LogP contribution in [-0.4, -0.2) is 26.6 Å². The van der Waals surface area contributed by atoms with E-state index in [1.54, 1.807) is 24.3 Å². The molecule has 0 unspecified atom stereocenters. The lowest BCUT2D eigenvalue weighted by molar-refractivity contribution is -0.0396. The molecule has 0 aliphatic carbocycles. The standard InChI is InChI=1S/C17H20F2N2O2/c1-22-11-23-10-16(20)17(21,12-2-6-14(18)7-3-12)13-4-8-15(19)9-5-13/h2-9,16H,10-11,20-21H2,1H3/t16-/m0/s1. The lowest BCUT2D eigenvalue weighted by atomic mass is 9.78. The zero-order valence-corrected chi connectivity index (χ0v) is 12.8. The van der Waals surface area contributed by atoms with Gasteiger partial charge in [-0.1, -0.05) is 24.3 Å². The van der Waals surface area contributed by atoms with Crippen LogP contribution in [0.3, 0.4) is 0 Å². The number of ether oxygens (including phenoxy) is 2. The van der Waals surface area contributed by atoms with Crippen molar-refractivity contribution in [2.45, 2.75) is 11.6 Å². The normalized spacial score (nSPS) is 13.1. The molecular weight excluding hydrogens is 302 g/mol. The van der Waals surface area contributed by atoms with E-state index in [0.717, 1.165) is 0 Å². The summed E-state index contributed by atoms with van der Waals surface area (Å²) < 4.78 is 36.6. The molecule has 6 heteroatoms. The molecule has 4 nitrogen and oxygen atoms in total. The third kappa shape index (κ3) is 3.92. The van der Waals surface area contributed by atoms with E-state index in [2.05, 4.69) is 0 Å². The first-order valence-corrected chi connectivity index (χ1v) is 7.11. The zero-order chi connectivity index (χ0) is 16.9. The Morgan fingerprint density at radius 1 is 0.957 bits per heavy atom. The van der Waals surface area contributed by atoms with Gasteiger partial charge >= 0.3 is 0 Å². The fourth-order valence-electron chi connectivity index (χ4n) is 2.44. The predicted molar refractivity (Wildman–Crippen MR) is 83.6 cm³/mol. The first-order chi connectivity index (χ1) is 11.0. The number of hydrogen-bond donors (Lipinski definition) is 2. The molecule has 0 aliphatic heterocycles. The monoisotopic (exact) mass is 322 g/mol. The summed E-state index contributed by atoms with van der Waals surface area (Å²) in [5.41, 5.74) is 12.9. The molecule has 0 amide bonds. The number of methoxy groups -OCH3 is 1. The Morgan fingerprint density at radius 2 is 1.39 bits per heavy atom. The zero-order valence-electron chi connectivity index (χ0n) is 12.8. The molecule has 4 N–H and O–H groups in total. The fraction of sp³-hybridized carbons (Fsp3) is 0.294. The van der Waals surface area contributed by atoms with Crippen molar-refractivity contribution in [2.24, 2.45) is 11.5 Å². The number of benzene rings is 2. The Bertz CT molecular complexity index is 572. The maximum Gasteiger partial charge on any atom is 0.146 e. The van der Waals surface area contributed by atoms with Gasteiger partial charge in [0.1, 0.15) is 18.4 Å². The lowest BCUT2D eigenvalue weighted by Gasteiger charge is -2.36. The molecule has 2 rings (SSSR count). The minimum absolute atomic E-state index is 0.0800. The summed E-state index contributed by atoms with van der Waals surface area (Å²) >= 11 is 0. The Hall–Kier alpha value is -1.86. The highest BCUT2D eigenvalue weighted by molar-refractivity contribution is 5.40. The van der Waals surface area contributed by atoms with Gasteiger partial charge in [0.05, 0.1) is 18.2 Å². The molecule has 0 bridgehead atoms. The van der Waals surface area contributed by atoms with Crippen LogP contribution >= 0.6 is 0 Å². The molecule has 0 saturated carbocycles. The molecule has 0 fully saturated rings. The molecule has 1 atom stereocenters. The van der Waals surface area contributed by atoms with E-state index < -0.39 is 11.6 Å². The molecular formula is C17H20F2N2O2. The molecule has 23 heavy (non-hydrogen) atoms. The maximum absolute atomic E-state index is 13.2. The van der Waals surface area contributed by atoms with Crippen molar-refractivity contribution < 1.29 is 18.3 Å². The fourth-order valence-corrected chi connectivity index (χ4v) is 2.44. The highest BCUT2D eigenvalue weighted by Crippen LogP contribution is 2.30. The Morgan fingerprint density at radius 3 is 1.78 bits per heavy atom. The number of hydrogen-bond acceptors (Lipinski definition) is 4. The van der Waals surface area contributed by atoms with Gasteiger partial charge in [0, 0.05) is 7.11 Å². The van der Waals surface area contributed by atoms with E-state index in [1.165, 1.54) is 31.4 Å². The first-order valence-electron chi connectivity index (χ1n) is 7.11. The van der Waals surface area contributed by atoms with Crippen molar-refractivity contribution in [3.63, 3.8) is 0 Å². The minimum Gasteiger partial charge on any atom is -0.359 e. The van der Waals surface area contributed by atoms with Crippen molar-refractivity contribution in [3.8, 4) is 0 Å². The van der Waals surface area contributed by atoms with Crippen LogP contribution in [0.5, 0.6) is 0 Å².